The molecule has 88 valence electrons. The number of carbonyl (C=O) groups is 2. The van der Waals surface area contributed by atoms with E-state index in [9.17, 15) is 9.59 Å². The number of urea groups is 1. The van der Waals surface area contributed by atoms with Gasteiger partial charge in [0.15, 0.2) is 11.5 Å². The zero-order valence-corrected chi connectivity index (χ0v) is 9.45. The molecule has 2 aromatic heterocycles. The minimum absolute atomic E-state index is 0.0847. The number of aryl methyl sites for hydroxylation is 1. The van der Waals surface area contributed by atoms with E-state index in [2.05, 4.69) is 25.4 Å². The summed E-state index contributed by atoms with van der Waals surface area (Å²) >= 11 is 1.02. The van der Waals surface area contributed by atoms with Crippen molar-refractivity contribution in [3.05, 3.63) is 22.9 Å². The van der Waals surface area contributed by atoms with E-state index in [1.54, 1.807) is 6.92 Å². The van der Waals surface area contributed by atoms with Gasteiger partial charge >= 0.3 is 6.03 Å². The summed E-state index contributed by atoms with van der Waals surface area (Å²) in [6.45, 7) is 1.68. The van der Waals surface area contributed by atoms with Gasteiger partial charge in [0, 0.05) is 11.4 Å². The van der Waals surface area contributed by atoms with Crippen LogP contribution in [0.2, 0.25) is 0 Å². The van der Waals surface area contributed by atoms with Crippen molar-refractivity contribution in [1.82, 2.24) is 20.1 Å². The molecule has 3 amide bonds. The van der Waals surface area contributed by atoms with Gasteiger partial charge in [-0.25, -0.2) is 4.79 Å². The lowest BCUT2D eigenvalue weighted by atomic mass is 10.4. The minimum atomic E-state index is -0.712. The highest BCUT2D eigenvalue weighted by Crippen LogP contribution is 2.06. The molecular formula is C8H7N5O3S. The van der Waals surface area contributed by atoms with Gasteiger partial charge in [-0.3, -0.25) is 15.4 Å². The van der Waals surface area contributed by atoms with Crippen molar-refractivity contribution in [3.63, 3.8) is 0 Å². The summed E-state index contributed by atoms with van der Waals surface area (Å²) in [5.74, 6) is 0.149. The van der Waals surface area contributed by atoms with Crippen LogP contribution >= 0.6 is 11.5 Å². The molecule has 0 saturated carbocycles. The molecule has 0 spiro atoms. The van der Waals surface area contributed by atoms with Gasteiger partial charge in [-0.1, -0.05) is 9.64 Å². The van der Waals surface area contributed by atoms with E-state index in [1.165, 1.54) is 11.4 Å². The van der Waals surface area contributed by atoms with E-state index in [1.807, 2.05) is 0 Å². The summed E-state index contributed by atoms with van der Waals surface area (Å²) in [5.41, 5.74) is 0.0847. The summed E-state index contributed by atoms with van der Waals surface area (Å²) in [7, 11) is 0. The molecule has 0 aliphatic heterocycles. The highest BCUT2D eigenvalue weighted by atomic mass is 32.1. The summed E-state index contributed by atoms with van der Waals surface area (Å²) in [4.78, 5) is 22.8. The largest absolute Gasteiger partial charge is 0.360 e. The predicted molar refractivity (Wildman–Crippen MR) is 57.6 cm³/mol. The van der Waals surface area contributed by atoms with Crippen molar-refractivity contribution >= 4 is 29.3 Å². The van der Waals surface area contributed by atoms with E-state index in [0.717, 1.165) is 11.5 Å². The Morgan fingerprint density at radius 2 is 2.29 bits per heavy atom. The van der Waals surface area contributed by atoms with E-state index >= 15 is 0 Å². The van der Waals surface area contributed by atoms with Crippen molar-refractivity contribution in [2.75, 3.05) is 5.32 Å². The van der Waals surface area contributed by atoms with Gasteiger partial charge in [0.1, 0.15) is 5.76 Å². The van der Waals surface area contributed by atoms with Gasteiger partial charge < -0.3 is 4.52 Å². The third-order valence-corrected chi connectivity index (χ3v) is 2.19. The first-order valence-electron chi connectivity index (χ1n) is 4.48. The summed E-state index contributed by atoms with van der Waals surface area (Å²) in [6.07, 6.45) is 0. The van der Waals surface area contributed by atoms with Crippen LogP contribution in [0.1, 0.15) is 16.2 Å². The molecule has 0 aliphatic carbocycles. The molecule has 0 aromatic carbocycles. The first kappa shape index (κ1) is 11.2. The maximum atomic E-state index is 11.4. The Morgan fingerprint density at radius 3 is 2.88 bits per heavy atom. The highest BCUT2D eigenvalue weighted by Gasteiger charge is 2.13. The van der Waals surface area contributed by atoms with Crippen LogP contribution < -0.4 is 10.6 Å². The molecule has 2 heterocycles. The molecule has 2 N–H and O–H groups in total. The second kappa shape index (κ2) is 4.70. The Kier molecular flexibility index (Phi) is 3.10. The minimum Gasteiger partial charge on any atom is -0.360 e. The molecule has 0 aliphatic rings. The number of aromatic nitrogens is 3. The van der Waals surface area contributed by atoms with Gasteiger partial charge in [0.2, 0.25) is 0 Å². The average molecular weight is 253 g/mol. The zero-order valence-electron chi connectivity index (χ0n) is 8.63. The Morgan fingerprint density at radius 1 is 1.47 bits per heavy atom. The second-order valence-electron chi connectivity index (χ2n) is 3.02. The van der Waals surface area contributed by atoms with Crippen LogP contribution in [0.4, 0.5) is 10.6 Å². The SMILES string of the molecule is Cc1cc(NC(=O)NC(=O)c2csnn2)no1. The van der Waals surface area contributed by atoms with Crippen molar-refractivity contribution in [1.29, 1.82) is 0 Å². The Labute approximate surface area is 99.2 Å². The standard InChI is InChI=1S/C8H7N5O3S/c1-4-2-6(12-16-4)9-8(15)10-7(14)5-3-17-13-11-5/h2-3H,1H3,(H2,9,10,12,14,15). The lowest BCUT2D eigenvalue weighted by Crippen LogP contribution is -2.34. The average Bonchev–Trinajstić information content (AvgIpc) is 2.89. The Hall–Kier alpha value is -2.29. The quantitative estimate of drug-likeness (QED) is 0.818. The van der Waals surface area contributed by atoms with Crippen LogP contribution in [-0.2, 0) is 0 Å². The molecule has 0 fully saturated rings. The first-order chi connectivity index (χ1) is 8.15. The number of amides is 3. The normalized spacial score (nSPS) is 9.94. The number of hydrogen-bond donors (Lipinski definition) is 2. The highest BCUT2D eigenvalue weighted by molar-refractivity contribution is 7.03. The smallest absolute Gasteiger partial charge is 0.327 e. The van der Waals surface area contributed by atoms with Gasteiger partial charge in [-0.2, -0.15) is 0 Å². The van der Waals surface area contributed by atoms with E-state index < -0.39 is 11.9 Å². The molecule has 0 atom stereocenters. The monoisotopic (exact) mass is 253 g/mol. The van der Waals surface area contributed by atoms with E-state index in [4.69, 9.17) is 4.52 Å². The van der Waals surface area contributed by atoms with Crippen LogP contribution in [0.3, 0.4) is 0 Å². The second-order valence-corrected chi connectivity index (χ2v) is 3.63. The van der Waals surface area contributed by atoms with Gasteiger partial charge in [-0.05, 0) is 18.5 Å². The summed E-state index contributed by atoms with van der Waals surface area (Å²) < 4.78 is 8.25. The molecule has 8 nitrogen and oxygen atoms in total. The maximum Gasteiger partial charge on any atom is 0.327 e. The van der Waals surface area contributed by atoms with Crippen LogP contribution in [0.25, 0.3) is 0 Å². The third kappa shape index (κ3) is 2.84. The number of carbonyl (C=O) groups excluding carboxylic acids is 2. The van der Waals surface area contributed by atoms with Gasteiger partial charge in [0.25, 0.3) is 5.91 Å². The van der Waals surface area contributed by atoms with Crippen molar-refractivity contribution in [3.8, 4) is 0 Å². The molecule has 0 radical (unpaired) electrons. The number of imide groups is 1. The van der Waals surface area contributed by atoms with Crippen LogP contribution in [-0.4, -0.2) is 26.7 Å². The Bertz CT molecular complexity index is 535. The van der Waals surface area contributed by atoms with Gasteiger partial charge in [0.05, 0.1) is 0 Å². The topological polar surface area (TPSA) is 110 Å². The summed E-state index contributed by atoms with van der Waals surface area (Å²) in [6, 6.07) is 0.811. The molecule has 2 rings (SSSR count). The molecule has 0 bridgehead atoms. The molecule has 9 heteroatoms. The molecule has 0 saturated heterocycles. The maximum absolute atomic E-state index is 11.4. The van der Waals surface area contributed by atoms with Crippen molar-refractivity contribution in [2.45, 2.75) is 6.92 Å². The molecule has 0 unspecified atom stereocenters. The predicted octanol–water partition coefficient (Wildman–Crippen LogP) is 0.796. The van der Waals surface area contributed by atoms with E-state index in [0.29, 0.717) is 5.76 Å². The first-order valence-corrected chi connectivity index (χ1v) is 5.31. The number of rotatable bonds is 2. The summed E-state index contributed by atoms with van der Waals surface area (Å²) in [5, 5.41) is 12.9. The van der Waals surface area contributed by atoms with Crippen molar-refractivity contribution < 1.29 is 14.1 Å². The van der Waals surface area contributed by atoms with Gasteiger partial charge in [-0.15, -0.1) is 5.10 Å². The lowest BCUT2D eigenvalue weighted by Gasteiger charge is -2.00. The molecule has 17 heavy (non-hydrogen) atoms. The Balaban J connectivity index is 1.92. The number of nitrogens with zero attached hydrogens (tertiary/aromatic N) is 3. The number of hydrogen-bond acceptors (Lipinski definition) is 7. The van der Waals surface area contributed by atoms with Crippen LogP contribution in [0.15, 0.2) is 16.0 Å². The molecule has 2 aromatic rings. The number of anilines is 1. The van der Waals surface area contributed by atoms with Crippen LogP contribution in [0, 0.1) is 6.92 Å². The lowest BCUT2D eigenvalue weighted by molar-refractivity contribution is 0.0962. The van der Waals surface area contributed by atoms with Crippen molar-refractivity contribution in [2.24, 2.45) is 0 Å². The third-order valence-electron chi connectivity index (χ3n) is 1.69. The number of nitrogens with one attached hydrogen (secondary N) is 2. The molecular weight excluding hydrogens is 246 g/mol. The van der Waals surface area contributed by atoms with Crippen LogP contribution in [0.5, 0.6) is 0 Å². The fourth-order valence-electron chi connectivity index (χ4n) is 1.00. The fraction of sp³-hybridized carbons (Fsp3) is 0.125. The van der Waals surface area contributed by atoms with E-state index in [-0.39, 0.29) is 11.5 Å². The zero-order chi connectivity index (χ0) is 12.3. The fourth-order valence-corrected chi connectivity index (χ4v) is 1.44.